The number of aliphatic imine (C=N–C) groups is 1. The molecule has 0 aromatic heterocycles. The van der Waals surface area contributed by atoms with Gasteiger partial charge in [0.25, 0.3) is 0 Å². The van der Waals surface area contributed by atoms with Gasteiger partial charge in [-0.05, 0) is 35.7 Å². The van der Waals surface area contributed by atoms with E-state index in [1.165, 1.54) is 12.7 Å². The summed E-state index contributed by atoms with van der Waals surface area (Å²) < 4.78 is 10.6. The van der Waals surface area contributed by atoms with Gasteiger partial charge >= 0.3 is 5.97 Å². The number of fused-ring (bicyclic) bond motifs is 1. The third-order valence-corrected chi connectivity index (χ3v) is 4.52. The van der Waals surface area contributed by atoms with E-state index >= 15 is 0 Å². The van der Waals surface area contributed by atoms with Crippen molar-refractivity contribution >= 4 is 35.9 Å². The first-order valence-electron chi connectivity index (χ1n) is 9.06. The molecule has 1 aliphatic heterocycles. The van der Waals surface area contributed by atoms with E-state index in [0.29, 0.717) is 12.1 Å². The molecule has 0 bridgehead atoms. The number of benzene rings is 2. The molecule has 150 valence electrons. The molecule has 6 nitrogen and oxygen atoms in total. The van der Waals surface area contributed by atoms with E-state index in [9.17, 15) is 4.79 Å². The minimum Gasteiger partial charge on any atom is -0.488 e. The molecular formula is C21H26IN3O3. The lowest BCUT2D eigenvalue weighted by atomic mass is 10.1. The predicted molar refractivity (Wildman–Crippen MR) is 121 cm³/mol. The largest absolute Gasteiger partial charge is 0.488 e. The standard InChI is InChI=1S/C21H25N3O3.HI/c1-22-21(24-14-18-13-17-5-3-4-6-19(17)27-18)23-12-11-15-7-9-16(10-8-15)20(25)26-2;/h3-10,18H,11-14H2,1-2H3,(H2,22,23,24);1H. The first kappa shape index (κ1) is 22.0. The molecule has 0 aliphatic carbocycles. The van der Waals surface area contributed by atoms with E-state index in [1.807, 2.05) is 30.3 Å². The van der Waals surface area contributed by atoms with Crippen molar-refractivity contribution < 1.29 is 14.3 Å². The number of methoxy groups -OCH3 is 1. The molecule has 0 saturated carbocycles. The lowest BCUT2D eigenvalue weighted by Crippen LogP contribution is -2.42. The summed E-state index contributed by atoms with van der Waals surface area (Å²) in [4.78, 5) is 15.7. The van der Waals surface area contributed by atoms with Gasteiger partial charge in [-0.25, -0.2) is 4.79 Å². The summed E-state index contributed by atoms with van der Waals surface area (Å²) in [6.07, 6.45) is 1.85. The summed E-state index contributed by atoms with van der Waals surface area (Å²) in [5, 5.41) is 6.62. The number of para-hydroxylation sites is 1. The molecule has 28 heavy (non-hydrogen) atoms. The van der Waals surface area contributed by atoms with E-state index in [1.54, 1.807) is 19.2 Å². The zero-order valence-electron chi connectivity index (χ0n) is 16.1. The van der Waals surface area contributed by atoms with Crippen LogP contribution in [0, 0.1) is 0 Å². The molecule has 1 heterocycles. The van der Waals surface area contributed by atoms with E-state index in [-0.39, 0.29) is 36.0 Å². The molecule has 0 fully saturated rings. The van der Waals surface area contributed by atoms with Crippen molar-refractivity contribution in [3.63, 3.8) is 0 Å². The van der Waals surface area contributed by atoms with Gasteiger partial charge in [-0.1, -0.05) is 30.3 Å². The smallest absolute Gasteiger partial charge is 0.337 e. The van der Waals surface area contributed by atoms with Gasteiger partial charge in [0.15, 0.2) is 5.96 Å². The van der Waals surface area contributed by atoms with Crippen molar-refractivity contribution in [3.05, 3.63) is 65.2 Å². The predicted octanol–water partition coefficient (Wildman–Crippen LogP) is 2.80. The van der Waals surface area contributed by atoms with Crippen LogP contribution in [0.1, 0.15) is 21.5 Å². The summed E-state index contributed by atoms with van der Waals surface area (Å²) in [7, 11) is 3.14. The van der Waals surface area contributed by atoms with Crippen LogP contribution in [-0.4, -0.2) is 45.3 Å². The Hall–Kier alpha value is -2.29. The first-order valence-corrected chi connectivity index (χ1v) is 9.06. The minimum absolute atomic E-state index is 0. The van der Waals surface area contributed by atoms with Crippen molar-refractivity contribution in [2.45, 2.75) is 18.9 Å². The van der Waals surface area contributed by atoms with Crippen LogP contribution in [0.25, 0.3) is 0 Å². The highest BCUT2D eigenvalue weighted by atomic mass is 127. The molecule has 0 radical (unpaired) electrons. The number of rotatable bonds is 6. The number of hydrogen-bond acceptors (Lipinski definition) is 4. The first-order chi connectivity index (χ1) is 13.2. The van der Waals surface area contributed by atoms with E-state index in [4.69, 9.17) is 9.47 Å². The second kappa shape index (κ2) is 10.9. The lowest BCUT2D eigenvalue weighted by molar-refractivity contribution is 0.0600. The number of halogens is 1. The number of guanidine groups is 1. The average Bonchev–Trinajstić information content (AvgIpc) is 3.13. The van der Waals surface area contributed by atoms with Crippen LogP contribution in [0.2, 0.25) is 0 Å². The number of hydrogen-bond donors (Lipinski definition) is 2. The Morgan fingerprint density at radius 1 is 1.18 bits per heavy atom. The molecule has 7 heteroatoms. The van der Waals surface area contributed by atoms with Gasteiger partial charge in [0.05, 0.1) is 19.2 Å². The second-order valence-corrected chi connectivity index (χ2v) is 6.37. The van der Waals surface area contributed by atoms with Crippen LogP contribution >= 0.6 is 24.0 Å². The Bertz CT molecular complexity index is 784. The average molecular weight is 495 g/mol. The third kappa shape index (κ3) is 5.85. The SMILES string of the molecule is CN=C(NCCc1ccc(C(=O)OC)cc1)NCC1Cc2ccccc2O1.I. The highest BCUT2D eigenvalue weighted by molar-refractivity contribution is 14.0. The monoisotopic (exact) mass is 495 g/mol. The Balaban J connectivity index is 0.00000280. The molecular weight excluding hydrogens is 469 g/mol. The molecule has 2 N–H and O–H groups in total. The Labute approximate surface area is 182 Å². The second-order valence-electron chi connectivity index (χ2n) is 6.37. The molecule has 2 aromatic carbocycles. The van der Waals surface area contributed by atoms with Gasteiger partial charge in [-0.2, -0.15) is 0 Å². The minimum atomic E-state index is -0.319. The Morgan fingerprint density at radius 2 is 1.93 bits per heavy atom. The zero-order chi connectivity index (χ0) is 19.1. The van der Waals surface area contributed by atoms with E-state index in [0.717, 1.165) is 36.7 Å². The summed E-state index contributed by atoms with van der Waals surface area (Å²) in [6, 6.07) is 15.6. The molecule has 0 saturated heterocycles. The summed E-state index contributed by atoms with van der Waals surface area (Å²) >= 11 is 0. The molecule has 0 spiro atoms. The van der Waals surface area contributed by atoms with Crippen LogP contribution in [0.3, 0.4) is 0 Å². The van der Waals surface area contributed by atoms with Crippen molar-refractivity contribution in [3.8, 4) is 5.75 Å². The van der Waals surface area contributed by atoms with Crippen LogP contribution in [0.15, 0.2) is 53.5 Å². The van der Waals surface area contributed by atoms with Crippen molar-refractivity contribution in [1.29, 1.82) is 0 Å². The fraction of sp³-hybridized carbons (Fsp3) is 0.333. The van der Waals surface area contributed by atoms with Crippen LogP contribution in [0.4, 0.5) is 0 Å². The number of nitrogens with one attached hydrogen (secondary N) is 2. The lowest BCUT2D eigenvalue weighted by Gasteiger charge is -2.15. The van der Waals surface area contributed by atoms with Crippen molar-refractivity contribution in [2.24, 2.45) is 4.99 Å². The highest BCUT2D eigenvalue weighted by Crippen LogP contribution is 2.27. The number of esters is 1. The van der Waals surface area contributed by atoms with Crippen molar-refractivity contribution in [2.75, 3.05) is 27.2 Å². The maximum Gasteiger partial charge on any atom is 0.337 e. The highest BCUT2D eigenvalue weighted by Gasteiger charge is 2.22. The van der Waals surface area contributed by atoms with Gasteiger partial charge in [0, 0.05) is 20.0 Å². The summed E-state index contributed by atoms with van der Waals surface area (Å²) in [5.41, 5.74) is 2.95. The van der Waals surface area contributed by atoms with Crippen LogP contribution < -0.4 is 15.4 Å². The van der Waals surface area contributed by atoms with Gasteiger partial charge < -0.3 is 20.1 Å². The molecule has 0 amide bonds. The number of nitrogens with zero attached hydrogens (tertiary/aromatic N) is 1. The maximum absolute atomic E-state index is 11.5. The third-order valence-electron chi connectivity index (χ3n) is 4.52. The van der Waals surface area contributed by atoms with E-state index < -0.39 is 0 Å². The van der Waals surface area contributed by atoms with Gasteiger partial charge in [0.2, 0.25) is 0 Å². The molecule has 2 aromatic rings. The van der Waals surface area contributed by atoms with Crippen LogP contribution in [0.5, 0.6) is 5.75 Å². The summed E-state index contributed by atoms with van der Waals surface area (Å²) in [6.45, 7) is 1.44. The number of carbonyl (C=O) groups is 1. The van der Waals surface area contributed by atoms with Gasteiger partial charge in [0.1, 0.15) is 11.9 Å². The van der Waals surface area contributed by atoms with Gasteiger partial charge in [-0.3, -0.25) is 4.99 Å². The fourth-order valence-corrected chi connectivity index (χ4v) is 3.05. The quantitative estimate of drug-likeness (QED) is 0.279. The van der Waals surface area contributed by atoms with Crippen LogP contribution in [-0.2, 0) is 17.6 Å². The molecule has 1 aliphatic rings. The Kier molecular flexibility index (Phi) is 8.56. The topological polar surface area (TPSA) is 72.0 Å². The Morgan fingerprint density at radius 3 is 2.61 bits per heavy atom. The number of carbonyl (C=O) groups excluding carboxylic acids is 1. The molecule has 1 atom stereocenters. The maximum atomic E-state index is 11.5. The normalized spacial score (nSPS) is 15.1. The number of ether oxygens (including phenoxy) is 2. The fourth-order valence-electron chi connectivity index (χ4n) is 3.05. The summed E-state index contributed by atoms with van der Waals surface area (Å²) in [5.74, 6) is 1.41. The van der Waals surface area contributed by atoms with E-state index in [2.05, 4.69) is 21.7 Å². The molecule has 1 unspecified atom stereocenters. The van der Waals surface area contributed by atoms with Gasteiger partial charge in [-0.15, -0.1) is 24.0 Å². The van der Waals surface area contributed by atoms with Crippen molar-refractivity contribution in [1.82, 2.24) is 10.6 Å². The molecule has 3 rings (SSSR count). The zero-order valence-corrected chi connectivity index (χ0v) is 18.4.